The van der Waals surface area contributed by atoms with Gasteiger partial charge in [0.05, 0.1) is 19.9 Å². The van der Waals surface area contributed by atoms with Crippen molar-refractivity contribution in [2.45, 2.75) is 19.0 Å². The molecule has 1 unspecified atom stereocenters. The number of nitrogens with one attached hydrogen (secondary N) is 1. The molecule has 9 heteroatoms. The standard InChI is InChI=1S/C22H21N3O5S/c1-22(18-6-3-11-30-18)20(27)25(21(28)23-22)14-19(26)24(13-17-5-4-12-31-17)15-7-9-16(29-2)10-8-15/h3-12H,13-14H2,1-2H3,(H,23,28). The molecule has 160 valence electrons. The van der Waals surface area contributed by atoms with E-state index in [2.05, 4.69) is 5.32 Å². The maximum Gasteiger partial charge on any atom is 0.325 e. The Bertz CT molecular complexity index is 1080. The molecule has 4 amide bonds. The summed E-state index contributed by atoms with van der Waals surface area (Å²) in [5.41, 5.74) is -0.709. The van der Waals surface area contributed by atoms with Crippen LogP contribution in [0.2, 0.25) is 0 Å². The summed E-state index contributed by atoms with van der Waals surface area (Å²) in [7, 11) is 1.57. The molecule has 2 aromatic heterocycles. The number of imide groups is 1. The lowest BCUT2D eigenvalue weighted by molar-refractivity contribution is -0.134. The molecule has 3 aromatic rings. The largest absolute Gasteiger partial charge is 0.497 e. The van der Waals surface area contributed by atoms with Crippen LogP contribution in [-0.4, -0.2) is 36.4 Å². The summed E-state index contributed by atoms with van der Waals surface area (Å²) in [6, 6.07) is 13.5. The van der Waals surface area contributed by atoms with Gasteiger partial charge in [-0.25, -0.2) is 4.79 Å². The van der Waals surface area contributed by atoms with Crippen molar-refractivity contribution >= 4 is 34.9 Å². The van der Waals surface area contributed by atoms with Gasteiger partial charge in [-0.1, -0.05) is 6.07 Å². The van der Waals surface area contributed by atoms with E-state index in [1.54, 1.807) is 55.3 Å². The SMILES string of the molecule is COc1ccc(N(Cc2cccs2)C(=O)CN2C(=O)NC(C)(c3ccco3)C2=O)cc1. The molecule has 0 saturated carbocycles. The molecule has 1 aromatic carbocycles. The number of carbonyl (C=O) groups is 3. The zero-order chi connectivity index (χ0) is 22.0. The van der Waals surface area contributed by atoms with E-state index in [0.717, 1.165) is 9.78 Å². The number of thiophene rings is 1. The quantitative estimate of drug-likeness (QED) is 0.570. The van der Waals surface area contributed by atoms with E-state index >= 15 is 0 Å². The molecule has 8 nitrogen and oxygen atoms in total. The van der Waals surface area contributed by atoms with Crippen LogP contribution in [0.25, 0.3) is 0 Å². The van der Waals surface area contributed by atoms with Crippen molar-refractivity contribution < 1.29 is 23.5 Å². The molecule has 1 aliphatic rings. The Morgan fingerprint density at radius 3 is 2.58 bits per heavy atom. The van der Waals surface area contributed by atoms with Crippen molar-refractivity contribution in [2.24, 2.45) is 0 Å². The van der Waals surface area contributed by atoms with Gasteiger partial charge in [-0.2, -0.15) is 0 Å². The minimum Gasteiger partial charge on any atom is -0.497 e. The zero-order valence-electron chi connectivity index (χ0n) is 17.0. The van der Waals surface area contributed by atoms with E-state index in [1.807, 2.05) is 17.5 Å². The van der Waals surface area contributed by atoms with E-state index in [4.69, 9.17) is 9.15 Å². The Morgan fingerprint density at radius 2 is 1.97 bits per heavy atom. The van der Waals surface area contributed by atoms with E-state index < -0.39 is 24.0 Å². The fraction of sp³-hybridized carbons (Fsp3) is 0.227. The first kappa shape index (κ1) is 20.7. The van der Waals surface area contributed by atoms with Crippen LogP contribution in [0.15, 0.2) is 64.6 Å². The fourth-order valence-electron chi connectivity index (χ4n) is 3.44. The number of carbonyl (C=O) groups excluding carboxylic acids is 3. The third kappa shape index (κ3) is 3.91. The third-order valence-corrected chi connectivity index (χ3v) is 6.02. The molecule has 0 radical (unpaired) electrons. The van der Waals surface area contributed by atoms with E-state index in [9.17, 15) is 14.4 Å². The van der Waals surface area contributed by atoms with E-state index in [0.29, 0.717) is 23.7 Å². The average Bonchev–Trinajstić information content (AvgIpc) is 3.52. The van der Waals surface area contributed by atoms with Crippen LogP contribution in [0.1, 0.15) is 17.6 Å². The Kier molecular flexibility index (Phi) is 5.51. The Morgan fingerprint density at radius 1 is 1.19 bits per heavy atom. The molecule has 4 rings (SSSR count). The van der Waals surface area contributed by atoms with Crippen LogP contribution >= 0.6 is 11.3 Å². The number of nitrogens with zero attached hydrogens (tertiary/aromatic N) is 2. The molecule has 1 aliphatic heterocycles. The zero-order valence-corrected chi connectivity index (χ0v) is 17.8. The van der Waals surface area contributed by atoms with Gasteiger partial charge in [0.15, 0.2) is 5.54 Å². The summed E-state index contributed by atoms with van der Waals surface area (Å²) < 4.78 is 10.5. The lowest BCUT2D eigenvalue weighted by atomic mass is 9.99. The second kappa shape index (κ2) is 8.27. The Hall–Kier alpha value is -3.59. The maximum absolute atomic E-state index is 13.3. The number of hydrogen-bond donors (Lipinski definition) is 1. The van der Waals surface area contributed by atoms with Gasteiger partial charge in [0.25, 0.3) is 5.91 Å². The maximum atomic E-state index is 13.3. The summed E-state index contributed by atoms with van der Waals surface area (Å²) >= 11 is 1.52. The van der Waals surface area contributed by atoms with Gasteiger partial charge in [-0.05, 0) is 54.8 Å². The van der Waals surface area contributed by atoms with Crippen LogP contribution in [-0.2, 0) is 21.7 Å². The van der Waals surface area contributed by atoms with Crippen LogP contribution in [0.5, 0.6) is 5.75 Å². The summed E-state index contributed by atoms with van der Waals surface area (Å²) in [5, 5.41) is 4.56. The number of urea groups is 1. The highest BCUT2D eigenvalue weighted by molar-refractivity contribution is 7.09. The monoisotopic (exact) mass is 439 g/mol. The second-order valence-corrected chi connectivity index (χ2v) is 8.21. The van der Waals surface area contributed by atoms with Crippen molar-refractivity contribution in [3.05, 3.63) is 70.8 Å². The first-order chi connectivity index (χ1) is 14.9. The second-order valence-electron chi connectivity index (χ2n) is 7.18. The smallest absolute Gasteiger partial charge is 0.325 e. The van der Waals surface area contributed by atoms with Gasteiger partial charge in [0.2, 0.25) is 5.91 Å². The molecule has 0 bridgehead atoms. The number of methoxy groups -OCH3 is 1. The number of ether oxygens (including phenoxy) is 1. The highest BCUT2D eigenvalue weighted by atomic mass is 32.1. The first-order valence-corrected chi connectivity index (χ1v) is 10.5. The lowest BCUT2D eigenvalue weighted by Crippen LogP contribution is -2.44. The van der Waals surface area contributed by atoms with E-state index in [1.165, 1.54) is 17.6 Å². The Balaban J connectivity index is 1.58. The topological polar surface area (TPSA) is 92.1 Å². The normalized spacial score (nSPS) is 18.2. The van der Waals surface area contributed by atoms with Crippen molar-refractivity contribution in [3.63, 3.8) is 0 Å². The minimum absolute atomic E-state index is 0.311. The van der Waals surface area contributed by atoms with Crippen LogP contribution in [0, 0.1) is 0 Å². The van der Waals surface area contributed by atoms with Gasteiger partial charge >= 0.3 is 6.03 Å². The predicted molar refractivity (Wildman–Crippen MR) is 115 cm³/mol. The summed E-state index contributed by atoms with van der Waals surface area (Å²) in [5.74, 6) is 0.0550. The molecule has 3 heterocycles. The van der Waals surface area contributed by atoms with Gasteiger partial charge in [-0.3, -0.25) is 14.5 Å². The molecule has 0 spiro atoms. The summed E-state index contributed by atoms with van der Waals surface area (Å²) in [6.07, 6.45) is 1.43. The first-order valence-electron chi connectivity index (χ1n) is 9.57. The van der Waals surface area contributed by atoms with Crippen LogP contribution in [0.4, 0.5) is 10.5 Å². The number of anilines is 1. The molecule has 31 heavy (non-hydrogen) atoms. The molecule has 1 fully saturated rings. The number of rotatable bonds is 7. The van der Waals surface area contributed by atoms with E-state index in [-0.39, 0.29) is 5.91 Å². The molecule has 0 aliphatic carbocycles. The van der Waals surface area contributed by atoms with Crippen molar-refractivity contribution in [1.29, 1.82) is 0 Å². The summed E-state index contributed by atoms with van der Waals surface area (Å²) in [6.45, 7) is 1.49. The molecule has 1 atom stereocenters. The lowest BCUT2D eigenvalue weighted by Gasteiger charge is -2.25. The number of furan rings is 1. The third-order valence-electron chi connectivity index (χ3n) is 5.16. The molecular weight excluding hydrogens is 418 g/mol. The highest BCUT2D eigenvalue weighted by Crippen LogP contribution is 2.30. The number of amides is 4. The Labute approximate surface area is 183 Å². The molecule has 1 saturated heterocycles. The van der Waals surface area contributed by atoms with Crippen molar-refractivity contribution in [1.82, 2.24) is 10.2 Å². The highest BCUT2D eigenvalue weighted by Gasteiger charge is 2.51. The van der Waals surface area contributed by atoms with Gasteiger partial charge < -0.3 is 19.4 Å². The van der Waals surface area contributed by atoms with Gasteiger partial charge in [0.1, 0.15) is 18.1 Å². The van der Waals surface area contributed by atoms with Crippen molar-refractivity contribution in [3.8, 4) is 5.75 Å². The predicted octanol–water partition coefficient (Wildman–Crippen LogP) is 3.35. The van der Waals surface area contributed by atoms with Crippen LogP contribution < -0.4 is 15.0 Å². The van der Waals surface area contributed by atoms with Crippen molar-refractivity contribution in [2.75, 3.05) is 18.6 Å². The van der Waals surface area contributed by atoms with Gasteiger partial charge in [0, 0.05) is 10.6 Å². The fourth-order valence-corrected chi connectivity index (χ4v) is 4.13. The molecule has 1 N–H and O–H groups in total. The molecular formula is C22H21N3O5S. The van der Waals surface area contributed by atoms with Crippen LogP contribution in [0.3, 0.4) is 0 Å². The minimum atomic E-state index is -1.35. The number of benzene rings is 1. The summed E-state index contributed by atoms with van der Waals surface area (Å²) in [4.78, 5) is 42.3. The number of hydrogen-bond acceptors (Lipinski definition) is 6. The average molecular weight is 439 g/mol. The van der Waals surface area contributed by atoms with Gasteiger partial charge in [-0.15, -0.1) is 11.3 Å².